The molecule has 0 spiro atoms. The zero-order valence-corrected chi connectivity index (χ0v) is 10.8. The Morgan fingerprint density at radius 1 is 1.32 bits per heavy atom. The first-order valence-electron chi connectivity index (χ1n) is 6.57. The molecule has 1 aliphatic heterocycles. The highest BCUT2D eigenvalue weighted by molar-refractivity contribution is 5.89. The van der Waals surface area contributed by atoms with Crippen molar-refractivity contribution in [3.63, 3.8) is 0 Å². The minimum absolute atomic E-state index is 0.117. The Morgan fingerprint density at radius 2 is 2.11 bits per heavy atom. The Bertz CT molecular complexity index is 434. The van der Waals surface area contributed by atoms with Crippen molar-refractivity contribution < 1.29 is 9.59 Å². The number of piperazine rings is 1. The van der Waals surface area contributed by atoms with Crippen molar-refractivity contribution in [3.8, 4) is 0 Å². The van der Waals surface area contributed by atoms with Crippen LogP contribution in [0.15, 0.2) is 30.3 Å². The van der Waals surface area contributed by atoms with Crippen LogP contribution in [0.1, 0.15) is 12.0 Å². The van der Waals surface area contributed by atoms with E-state index in [9.17, 15) is 9.59 Å². The Kier molecular flexibility index (Phi) is 4.92. The number of nitrogens with one attached hydrogen (secondary N) is 3. The van der Waals surface area contributed by atoms with Crippen molar-refractivity contribution in [1.82, 2.24) is 16.0 Å². The minimum atomic E-state index is -0.446. The van der Waals surface area contributed by atoms with E-state index in [0.717, 1.165) is 12.8 Å². The zero-order valence-electron chi connectivity index (χ0n) is 10.8. The van der Waals surface area contributed by atoms with Gasteiger partial charge in [-0.15, -0.1) is 0 Å². The van der Waals surface area contributed by atoms with Crippen LogP contribution in [0.5, 0.6) is 0 Å². The number of aryl methyl sites for hydroxylation is 1. The number of carbonyl (C=O) groups excluding carboxylic acids is 2. The highest BCUT2D eigenvalue weighted by Crippen LogP contribution is 2.01. The molecule has 0 radical (unpaired) electrons. The molecule has 1 fully saturated rings. The Balaban J connectivity index is 1.65. The summed E-state index contributed by atoms with van der Waals surface area (Å²) in [4.78, 5) is 22.9. The van der Waals surface area contributed by atoms with E-state index in [-0.39, 0.29) is 18.4 Å². The van der Waals surface area contributed by atoms with Gasteiger partial charge in [0.2, 0.25) is 11.8 Å². The molecule has 1 aromatic carbocycles. The highest BCUT2D eigenvalue weighted by atomic mass is 16.2. The van der Waals surface area contributed by atoms with Crippen molar-refractivity contribution in [1.29, 1.82) is 0 Å². The lowest BCUT2D eigenvalue weighted by Crippen LogP contribution is -2.58. The summed E-state index contributed by atoms with van der Waals surface area (Å²) in [5, 5.41) is 8.42. The number of amides is 2. The van der Waals surface area contributed by atoms with E-state index < -0.39 is 6.04 Å². The highest BCUT2D eigenvalue weighted by Gasteiger charge is 2.23. The average Bonchev–Trinajstić information content (AvgIpc) is 2.44. The van der Waals surface area contributed by atoms with Gasteiger partial charge < -0.3 is 16.0 Å². The maximum Gasteiger partial charge on any atom is 0.243 e. The molecule has 1 aliphatic rings. The second-order valence-corrected chi connectivity index (χ2v) is 4.63. The molecule has 19 heavy (non-hydrogen) atoms. The van der Waals surface area contributed by atoms with Crippen molar-refractivity contribution in [2.45, 2.75) is 18.9 Å². The molecule has 0 saturated carbocycles. The molecule has 5 nitrogen and oxygen atoms in total. The van der Waals surface area contributed by atoms with Gasteiger partial charge in [-0.25, -0.2) is 0 Å². The summed E-state index contributed by atoms with van der Waals surface area (Å²) in [6.07, 6.45) is 1.83. The normalized spacial score (nSPS) is 18.7. The molecule has 3 N–H and O–H groups in total. The maximum absolute atomic E-state index is 11.8. The number of rotatable bonds is 5. The summed E-state index contributed by atoms with van der Waals surface area (Å²) in [7, 11) is 0. The first-order valence-corrected chi connectivity index (χ1v) is 6.57. The van der Waals surface area contributed by atoms with E-state index in [2.05, 4.69) is 28.1 Å². The third kappa shape index (κ3) is 4.37. The van der Waals surface area contributed by atoms with Crippen LogP contribution < -0.4 is 16.0 Å². The van der Waals surface area contributed by atoms with Crippen LogP contribution >= 0.6 is 0 Å². The molecule has 0 aromatic heterocycles. The molecule has 5 heteroatoms. The van der Waals surface area contributed by atoms with E-state index >= 15 is 0 Å². The number of hydrogen-bond acceptors (Lipinski definition) is 3. The smallest absolute Gasteiger partial charge is 0.243 e. The number of hydrogen-bond donors (Lipinski definition) is 3. The molecule has 0 bridgehead atoms. The molecule has 102 valence electrons. The minimum Gasteiger partial charge on any atom is -0.354 e. The van der Waals surface area contributed by atoms with Crippen LogP contribution in [-0.4, -0.2) is 37.5 Å². The monoisotopic (exact) mass is 261 g/mol. The number of benzene rings is 1. The first kappa shape index (κ1) is 13.5. The van der Waals surface area contributed by atoms with Gasteiger partial charge in [0.15, 0.2) is 0 Å². The van der Waals surface area contributed by atoms with E-state index in [4.69, 9.17) is 0 Å². The summed E-state index contributed by atoms with van der Waals surface area (Å²) in [5.41, 5.74) is 1.27. The van der Waals surface area contributed by atoms with E-state index in [1.807, 2.05) is 18.2 Å². The lowest BCUT2D eigenvalue weighted by Gasteiger charge is -2.23. The van der Waals surface area contributed by atoms with Gasteiger partial charge in [-0.05, 0) is 18.4 Å². The molecular formula is C14H19N3O2. The summed E-state index contributed by atoms with van der Waals surface area (Å²) < 4.78 is 0. The summed E-state index contributed by atoms with van der Waals surface area (Å²) >= 11 is 0. The van der Waals surface area contributed by atoms with Crippen molar-refractivity contribution in [2.24, 2.45) is 0 Å². The van der Waals surface area contributed by atoms with E-state index in [1.165, 1.54) is 5.56 Å². The lowest BCUT2D eigenvalue weighted by atomic mass is 10.1. The second-order valence-electron chi connectivity index (χ2n) is 4.63. The first-order chi connectivity index (χ1) is 9.25. The van der Waals surface area contributed by atoms with Crippen LogP contribution in [-0.2, 0) is 16.0 Å². The molecule has 1 heterocycles. The van der Waals surface area contributed by atoms with Gasteiger partial charge in [-0.3, -0.25) is 9.59 Å². The van der Waals surface area contributed by atoms with Gasteiger partial charge in [0.1, 0.15) is 6.04 Å². The number of carbonyl (C=O) groups is 2. The summed E-state index contributed by atoms with van der Waals surface area (Å²) in [5.74, 6) is -0.246. The maximum atomic E-state index is 11.8. The van der Waals surface area contributed by atoms with Crippen molar-refractivity contribution >= 4 is 11.8 Å². The van der Waals surface area contributed by atoms with E-state index in [0.29, 0.717) is 13.1 Å². The van der Waals surface area contributed by atoms with Crippen LogP contribution in [0.2, 0.25) is 0 Å². The molecule has 2 amide bonds. The summed E-state index contributed by atoms with van der Waals surface area (Å²) in [6.45, 7) is 1.41. The fourth-order valence-electron chi connectivity index (χ4n) is 2.06. The molecule has 1 atom stereocenters. The molecule has 0 aliphatic carbocycles. The van der Waals surface area contributed by atoms with Crippen molar-refractivity contribution in [3.05, 3.63) is 35.9 Å². The molecular weight excluding hydrogens is 242 g/mol. The lowest BCUT2D eigenvalue weighted by molar-refractivity contribution is -0.130. The quantitative estimate of drug-likeness (QED) is 0.644. The topological polar surface area (TPSA) is 70.2 Å². The molecule has 1 saturated heterocycles. The second kappa shape index (κ2) is 6.89. The van der Waals surface area contributed by atoms with Crippen LogP contribution in [0.4, 0.5) is 0 Å². The predicted octanol–water partition coefficient (Wildman–Crippen LogP) is -0.177. The third-order valence-electron chi connectivity index (χ3n) is 3.07. The van der Waals surface area contributed by atoms with E-state index in [1.54, 1.807) is 0 Å². The Morgan fingerprint density at radius 3 is 2.84 bits per heavy atom. The Labute approximate surface area is 112 Å². The average molecular weight is 261 g/mol. The van der Waals surface area contributed by atoms with Gasteiger partial charge >= 0.3 is 0 Å². The van der Waals surface area contributed by atoms with Gasteiger partial charge in [-0.2, -0.15) is 0 Å². The summed E-state index contributed by atoms with van der Waals surface area (Å²) in [6, 6.07) is 9.72. The van der Waals surface area contributed by atoms with Crippen LogP contribution in [0.25, 0.3) is 0 Å². The van der Waals surface area contributed by atoms with Gasteiger partial charge in [0, 0.05) is 13.1 Å². The van der Waals surface area contributed by atoms with Crippen LogP contribution in [0.3, 0.4) is 0 Å². The van der Waals surface area contributed by atoms with Crippen LogP contribution in [0, 0.1) is 0 Å². The SMILES string of the molecule is O=C1CNCC(C(=O)NCCCc2ccccc2)N1. The molecule has 1 unspecified atom stereocenters. The standard InChI is InChI=1S/C14H19N3O2/c18-13-10-15-9-12(17-13)14(19)16-8-4-7-11-5-2-1-3-6-11/h1-3,5-6,12,15H,4,7-10H2,(H,16,19)(H,17,18). The van der Waals surface area contributed by atoms with Crippen molar-refractivity contribution in [2.75, 3.05) is 19.6 Å². The Hall–Kier alpha value is -1.88. The fourth-order valence-corrected chi connectivity index (χ4v) is 2.06. The third-order valence-corrected chi connectivity index (χ3v) is 3.07. The molecule has 2 rings (SSSR count). The molecule has 1 aromatic rings. The van der Waals surface area contributed by atoms with Gasteiger partial charge in [0.05, 0.1) is 6.54 Å². The largest absolute Gasteiger partial charge is 0.354 e. The van der Waals surface area contributed by atoms with Gasteiger partial charge in [0.25, 0.3) is 0 Å². The predicted molar refractivity (Wildman–Crippen MR) is 72.6 cm³/mol. The zero-order chi connectivity index (χ0) is 13.5. The fraction of sp³-hybridized carbons (Fsp3) is 0.429. The van der Waals surface area contributed by atoms with Gasteiger partial charge in [-0.1, -0.05) is 30.3 Å².